The number of carbonyl (C=O) groups is 3. The fourth-order valence-electron chi connectivity index (χ4n) is 2.42. The van der Waals surface area contributed by atoms with Gasteiger partial charge in [-0.05, 0) is 29.5 Å². The monoisotopic (exact) mass is 379 g/mol. The summed E-state index contributed by atoms with van der Waals surface area (Å²) < 4.78 is 0. The number of nitrogens with one attached hydrogen (secondary N) is 2. The van der Waals surface area contributed by atoms with Gasteiger partial charge in [-0.3, -0.25) is 9.59 Å². The number of carboxylic acids is 1. The molecule has 6 N–H and O–H groups in total. The topological polar surface area (TPSA) is 142 Å². The highest BCUT2D eigenvalue weighted by Gasteiger charge is 2.30. The Bertz CT molecular complexity index is 658. The lowest BCUT2D eigenvalue weighted by molar-refractivity contribution is -0.143. The first kappa shape index (κ1) is 22.4. The van der Waals surface area contributed by atoms with Crippen molar-refractivity contribution in [2.24, 2.45) is 17.6 Å². The summed E-state index contributed by atoms with van der Waals surface area (Å²) in [7, 11) is 0. The lowest BCUT2D eigenvalue weighted by atomic mass is 10.00. The van der Waals surface area contributed by atoms with E-state index >= 15 is 0 Å². The van der Waals surface area contributed by atoms with Gasteiger partial charge in [0.1, 0.15) is 17.8 Å². The van der Waals surface area contributed by atoms with Gasteiger partial charge in [-0.15, -0.1) is 0 Å². The molecule has 1 aromatic rings. The molecule has 0 aliphatic heterocycles. The van der Waals surface area contributed by atoms with Crippen molar-refractivity contribution in [3.05, 3.63) is 29.8 Å². The molecule has 0 spiro atoms. The van der Waals surface area contributed by atoms with Crippen LogP contribution in [-0.2, 0) is 20.8 Å². The maximum atomic E-state index is 12.7. The van der Waals surface area contributed by atoms with Gasteiger partial charge >= 0.3 is 5.97 Å². The van der Waals surface area contributed by atoms with Crippen LogP contribution < -0.4 is 16.4 Å². The third kappa shape index (κ3) is 6.90. The molecule has 2 unspecified atom stereocenters. The van der Waals surface area contributed by atoms with Gasteiger partial charge in [-0.2, -0.15) is 0 Å². The summed E-state index contributed by atoms with van der Waals surface area (Å²) in [4.78, 5) is 36.4. The number of nitrogens with two attached hydrogens (primary N) is 1. The van der Waals surface area contributed by atoms with Gasteiger partial charge in [0.15, 0.2) is 0 Å². The third-order valence-corrected chi connectivity index (χ3v) is 4.26. The van der Waals surface area contributed by atoms with E-state index in [0.717, 1.165) is 0 Å². The number of rotatable bonds is 9. The minimum absolute atomic E-state index is 0.0800. The minimum atomic E-state index is -1.15. The molecule has 1 rings (SSSR count). The van der Waals surface area contributed by atoms with E-state index in [0.29, 0.717) is 5.56 Å². The van der Waals surface area contributed by atoms with E-state index < -0.39 is 35.9 Å². The van der Waals surface area contributed by atoms with Gasteiger partial charge in [-0.25, -0.2) is 4.79 Å². The molecule has 8 heteroatoms. The number of aromatic hydroxyl groups is 1. The fourth-order valence-corrected chi connectivity index (χ4v) is 2.42. The quantitative estimate of drug-likeness (QED) is 0.426. The van der Waals surface area contributed by atoms with E-state index in [4.69, 9.17) is 5.73 Å². The zero-order valence-corrected chi connectivity index (χ0v) is 16.1. The third-order valence-electron chi connectivity index (χ3n) is 4.26. The summed E-state index contributed by atoms with van der Waals surface area (Å²) in [6.07, 6.45) is 0.132. The van der Waals surface area contributed by atoms with E-state index in [1.807, 2.05) is 0 Å². The van der Waals surface area contributed by atoms with Crippen molar-refractivity contribution in [1.29, 1.82) is 0 Å². The first-order valence-corrected chi connectivity index (χ1v) is 8.90. The zero-order chi connectivity index (χ0) is 20.7. The molecule has 1 aromatic carbocycles. The largest absolute Gasteiger partial charge is 0.508 e. The van der Waals surface area contributed by atoms with E-state index in [-0.39, 0.29) is 24.0 Å². The second-order valence-electron chi connectivity index (χ2n) is 7.27. The number of carbonyl (C=O) groups excluding carboxylic acids is 2. The molecule has 2 amide bonds. The number of aliphatic carboxylic acids is 1. The van der Waals surface area contributed by atoms with Crippen molar-refractivity contribution in [3.63, 3.8) is 0 Å². The lowest BCUT2D eigenvalue weighted by Gasteiger charge is -2.25. The highest BCUT2D eigenvalue weighted by atomic mass is 16.4. The van der Waals surface area contributed by atoms with Crippen molar-refractivity contribution in [1.82, 2.24) is 10.6 Å². The molecular formula is C19H29N3O5. The Morgan fingerprint density at radius 1 is 0.963 bits per heavy atom. The Morgan fingerprint density at radius 2 is 1.52 bits per heavy atom. The Kier molecular flexibility index (Phi) is 8.24. The highest BCUT2D eigenvalue weighted by molar-refractivity contribution is 5.92. The molecule has 0 aromatic heterocycles. The van der Waals surface area contributed by atoms with Gasteiger partial charge in [0.2, 0.25) is 11.8 Å². The molecule has 0 bridgehead atoms. The smallest absolute Gasteiger partial charge is 0.326 e. The summed E-state index contributed by atoms with van der Waals surface area (Å²) in [6.45, 7) is 6.94. The number of carboxylic acid groups (broad SMARTS) is 1. The van der Waals surface area contributed by atoms with E-state index in [9.17, 15) is 24.6 Å². The van der Waals surface area contributed by atoms with Crippen LogP contribution in [0.1, 0.15) is 33.3 Å². The maximum Gasteiger partial charge on any atom is 0.326 e. The Hall–Kier alpha value is -2.61. The van der Waals surface area contributed by atoms with Gasteiger partial charge < -0.3 is 26.6 Å². The van der Waals surface area contributed by atoms with E-state index in [2.05, 4.69) is 10.6 Å². The first-order chi connectivity index (χ1) is 12.5. The van der Waals surface area contributed by atoms with E-state index in [1.165, 1.54) is 12.1 Å². The van der Waals surface area contributed by atoms with Gasteiger partial charge in [0, 0.05) is 6.42 Å². The van der Waals surface area contributed by atoms with Crippen molar-refractivity contribution in [2.45, 2.75) is 52.2 Å². The van der Waals surface area contributed by atoms with Crippen LogP contribution in [0.4, 0.5) is 0 Å². The SMILES string of the molecule is CC(C)C(NC(=O)C(Cc1ccc(O)cc1)NC(=O)[C@@H](N)C(C)C)C(=O)O. The molecule has 0 heterocycles. The lowest BCUT2D eigenvalue weighted by Crippen LogP contribution is -2.56. The van der Waals surface area contributed by atoms with Crippen LogP contribution in [-0.4, -0.2) is 46.1 Å². The summed E-state index contributed by atoms with van der Waals surface area (Å²) in [6, 6.07) is 3.34. The zero-order valence-electron chi connectivity index (χ0n) is 16.1. The summed E-state index contributed by atoms with van der Waals surface area (Å²) in [5.74, 6) is -2.60. The predicted octanol–water partition coefficient (Wildman–Crippen LogP) is 0.628. The number of phenolic OH excluding ortho intramolecular Hbond substituents is 1. The van der Waals surface area contributed by atoms with E-state index in [1.54, 1.807) is 39.8 Å². The maximum absolute atomic E-state index is 12.7. The summed E-state index contributed by atoms with van der Waals surface area (Å²) in [5, 5.41) is 23.8. The Labute approximate surface area is 159 Å². The molecule has 0 saturated heterocycles. The van der Waals surface area contributed by atoms with Crippen LogP contribution in [0.3, 0.4) is 0 Å². The molecule has 27 heavy (non-hydrogen) atoms. The van der Waals surface area contributed by atoms with Gasteiger partial charge in [0.25, 0.3) is 0 Å². The van der Waals surface area contributed by atoms with Crippen LogP contribution in [0.25, 0.3) is 0 Å². The average Bonchev–Trinajstić information content (AvgIpc) is 2.59. The molecule has 150 valence electrons. The molecule has 0 saturated carbocycles. The predicted molar refractivity (Wildman–Crippen MR) is 101 cm³/mol. The molecule has 0 aliphatic carbocycles. The minimum Gasteiger partial charge on any atom is -0.508 e. The van der Waals surface area contributed by atoms with Gasteiger partial charge in [-0.1, -0.05) is 39.8 Å². The van der Waals surface area contributed by atoms with Crippen LogP contribution in [0.2, 0.25) is 0 Å². The van der Waals surface area contributed by atoms with Crippen molar-refractivity contribution in [2.75, 3.05) is 0 Å². The molecular weight excluding hydrogens is 350 g/mol. The number of phenols is 1. The Balaban J connectivity index is 3.00. The molecule has 0 aliphatic rings. The number of hydrogen-bond donors (Lipinski definition) is 5. The van der Waals surface area contributed by atoms with Gasteiger partial charge in [0.05, 0.1) is 6.04 Å². The highest BCUT2D eigenvalue weighted by Crippen LogP contribution is 2.12. The van der Waals surface area contributed by atoms with Crippen molar-refractivity contribution >= 4 is 17.8 Å². The standard InChI is InChI=1S/C19H29N3O5/c1-10(2)15(20)18(25)21-14(9-12-5-7-13(23)8-6-12)17(24)22-16(11(3)4)19(26)27/h5-8,10-11,14-16,23H,9,20H2,1-4H3,(H,21,25)(H,22,24)(H,26,27)/t14?,15-,16?/m0/s1. The normalized spacial score (nSPS) is 14.5. The average molecular weight is 379 g/mol. The van der Waals surface area contributed by atoms with Crippen LogP contribution in [0.5, 0.6) is 5.75 Å². The molecule has 8 nitrogen and oxygen atoms in total. The second kappa shape index (κ2) is 9.91. The number of amides is 2. The molecule has 3 atom stereocenters. The van der Waals surface area contributed by atoms with Crippen molar-refractivity contribution in [3.8, 4) is 5.75 Å². The summed E-state index contributed by atoms with van der Waals surface area (Å²) >= 11 is 0. The van der Waals surface area contributed by atoms with Crippen LogP contribution >= 0.6 is 0 Å². The fraction of sp³-hybridized carbons (Fsp3) is 0.526. The molecule has 0 fully saturated rings. The van der Waals surface area contributed by atoms with Crippen LogP contribution in [0, 0.1) is 11.8 Å². The van der Waals surface area contributed by atoms with Crippen LogP contribution in [0.15, 0.2) is 24.3 Å². The first-order valence-electron chi connectivity index (χ1n) is 8.90. The second-order valence-corrected chi connectivity index (χ2v) is 7.27. The number of benzene rings is 1. The summed E-state index contributed by atoms with van der Waals surface area (Å²) in [5.41, 5.74) is 6.55. The van der Waals surface area contributed by atoms with Crippen molar-refractivity contribution < 1.29 is 24.6 Å². The Morgan fingerprint density at radius 3 is 1.96 bits per heavy atom. The molecule has 0 radical (unpaired) electrons. The number of hydrogen-bond acceptors (Lipinski definition) is 5.